The van der Waals surface area contributed by atoms with Gasteiger partial charge in [0.15, 0.2) is 11.5 Å². The smallest absolute Gasteiger partial charge is 0.279 e. The fourth-order valence-corrected chi connectivity index (χ4v) is 3.84. The molecule has 0 fully saturated rings. The maximum absolute atomic E-state index is 13.1. The molecule has 0 amide bonds. The van der Waals surface area contributed by atoms with E-state index >= 15 is 0 Å². The van der Waals surface area contributed by atoms with Gasteiger partial charge < -0.3 is 19.4 Å². The lowest BCUT2D eigenvalue weighted by Crippen LogP contribution is -2.34. The molecule has 1 N–H and O–H groups in total. The van der Waals surface area contributed by atoms with Crippen molar-refractivity contribution < 1.29 is 19.4 Å². The number of H-pyrrole nitrogens is 1. The summed E-state index contributed by atoms with van der Waals surface area (Å²) in [7, 11) is 0. The molecule has 4 aromatic rings. The van der Waals surface area contributed by atoms with Crippen LogP contribution in [0.2, 0.25) is 5.02 Å². The van der Waals surface area contributed by atoms with E-state index in [0.717, 1.165) is 5.56 Å². The van der Waals surface area contributed by atoms with Crippen LogP contribution in [0.4, 0.5) is 0 Å². The van der Waals surface area contributed by atoms with Crippen molar-refractivity contribution in [2.75, 3.05) is 6.61 Å². The molecule has 0 bridgehead atoms. The number of rotatable bonds is 8. The number of nitrogens with zero attached hydrogens (tertiary/aromatic N) is 1. The number of halogens is 1. The van der Waals surface area contributed by atoms with Crippen LogP contribution in [0.25, 0.3) is 18.3 Å². The summed E-state index contributed by atoms with van der Waals surface area (Å²) in [4.78, 5) is 24.3. The minimum Gasteiger partial charge on any atom is -0.545 e. The van der Waals surface area contributed by atoms with Crippen LogP contribution in [0.15, 0.2) is 71.5 Å². The average Bonchev–Trinajstić information content (AvgIpc) is 3.13. The SMILES string of the molecule is C=c1[nH]n(-c2cccc(C(=O)[O-])c2)c(=O)/c1=C/c1cc(Cl)c(OCc2ccccc2)c(OCC)c1. The number of hydrogen-bond donors (Lipinski definition) is 1. The fraction of sp³-hybridized carbons (Fsp3) is 0.111. The van der Waals surface area contributed by atoms with Crippen molar-refractivity contribution in [2.24, 2.45) is 0 Å². The molecule has 0 aliphatic heterocycles. The molecule has 7 nitrogen and oxygen atoms in total. The molecule has 0 aliphatic rings. The lowest BCUT2D eigenvalue weighted by Gasteiger charge is -2.14. The van der Waals surface area contributed by atoms with Crippen LogP contribution in [0, 0.1) is 0 Å². The van der Waals surface area contributed by atoms with E-state index in [-0.39, 0.29) is 5.56 Å². The van der Waals surface area contributed by atoms with Crippen molar-refractivity contribution in [3.05, 3.63) is 109 Å². The molecule has 3 aromatic carbocycles. The zero-order chi connectivity index (χ0) is 24.9. The third kappa shape index (κ3) is 5.31. The second-order valence-electron chi connectivity index (χ2n) is 7.66. The summed E-state index contributed by atoms with van der Waals surface area (Å²) < 4.78 is 12.9. The zero-order valence-corrected chi connectivity index (χ0v) is 19.7. The Morgan fingerprint density at radius 2 is 1.89 bits per heavy atom. The molecule has 1 heterocycles. The molecule has 0 atom stereocenters. The van der Waals surface area contributed by atoms with Crippen molar-refractivity contribution in [3.8, 4) is 17.2 Å². The summed E-state index contributed by atoms with van der Waals surface area (Å²) in [5.41, 5.74) is 1.50. The number of aromatic amines is 1. The van der Waals surface area contributed by atoms with Crippen molar-refractivity contribution in [2.45, 2.75) is 13.5 Å². The molecular weight excluding hydrogens is 468 g/mol. The van der Waals surface area contributed by atoms with E-state index in [1.54, 1.807) is 24.3 Å². The number of nitrogens with one attached hydrogen (secondary N) is 1. The van der Waals surface area contributed by atoms with E-state index in [2.05, 4.69) is 11.7 Å². The number of aromatic nitrogens is 2. The maximum Gasteiger partial charge on any atom is 0.279 e. The predicted molar refractivity (Wildman–Crippen MR) is 132 cm³/mol. The van der Waals surface area contributed by atoms with Gasteiger partial charge in [-0.1, -0.05) is 60.6 Å². The first kappa shape index (κ1) is 23.9. The van der Waals surface area contributed by atoms with E-state index in [9.17, 15) is 14.7 Å². The molecule has 1 aromatic heterocycles. The van der Waals surface area contributed by atoms with Crippen molar-refractivity contribution in [3.63, 3.8) is 0 Å². The highest BCUT2D eigenvalue weighted by molar-refractivity contribution is 6.32. The second-order valence-corrected chi connectivity index (χ2v) is 8.07. The minimum atomic E-state index is -1.33. The summed E-state index contributed by atoms with van der Waals surface area (Å²) in [5, 5.41) is 15.1. The molecule has 35 heavy (non-hydrogen) atoms. The van der Waals surface area contributed by atoms with Gasteiger partial charge in [-0.3, -0.25) is 9.89 Å². The topological polar surface area (TPSA) is 96.4 Å². The molecule has 4 rings (SSSR count). The van der Waals surface area contributed by atoms with Crippen LogP contribution in [-0.4, -0.2) is 22.4 Å². The molecule has 0 spiro atoms. The molecule has 178 valence electrons. The number of benzene rings is 3. The van der Waals surface area contributed by atoms with Gasteiger partial charge in [0.2, 0.25) is 0 Å². The lowest BCUT2D eigenvalue weighted by molar-refractivity contribution is -0.255. The van der Waals surface area contributed by atoms with Gasteiger partial charge in [-0.2, -0.15) is 0 Å². The van der Waals surface area contributed by atoms with Gasteiger partial charge in [-0.15, -0.1) is 0 Å². The largest absolute Gasteiger partial charge is 0.545 e. The summed E-state index contributed by atoms with van der Waals surface area (Å²) >= 11 is 6.54. The number of carboxylic acids is 1. The Morgan fingerprint density at radius 3 is 2.60 bits per heavy atom. The summed E-state index contributed by atoms with van der Waals surface area (Å²) in [6.07, 6.45) is 1.63. The first-order valence-corrected chi connectivity index (χ1v) is 11.2. The number of aromatic carboxylic acids is 1. The molecule has 8 heteroatoms. The van der Waals surface area contributed by atoms with Gasteiger partial charge in [0.1, 0.15) is 6.61 Å². The highest BCUT2D eigenvalue weighted by Gasteiger charge is 2.13. The normalized spacial score (nSPS) is 11.4. The van der Waals surface area contributed by atoms with Crippen molar-refractivity contribution >= 4 is 30.2 Å². The maximum atomic E-state index is 13.1. The van der Waals surface area contributed by atoms with Crippen LogP contribution in [0.3, 0.4) is 0 Å². The molecule has 0 saturated carbocycles. The number of hydrogen-bond acceptors (Lipinski definition) is 5. The van der Waals surface area contributed by atoms with E-state index in [1.807, 2.05) is 37.3 Å². The second kappa shape index (κ2) is 10.4. The van der Waals surface area contributed by atoms with Gasteiger partial charge in [0.05, 0.1) is 33.9 Å². The minimum absolute atomic E-state index is 0.0422. The Morgan fingerprint density at radius 1 is 1.11 bits per heavy atom. The van der Waals surface area contributed by atoms with E-state index in [0.29, 0.717) is 51.6 Å². The fourth-order valence-electron chi connectivity index (χ4n) is 3.57. The molecular formula is C27H22ClN2O5-. The number of carbonyl (C=O) groups excluding carboxylic acids is 1. The number of carboxylic acid groups (broad SMARTS) is 1. The Kier molecular flexibility index (Phi) is 7.08. The van der Waals surface area contributed by atoms with E-state index in [4.69, 9.17) is 21.1 Å². The van der Waals surface area contributed by atoms with Crippen LogP contribution in [-0.2, 0) is 6.61 Å². The Balaban J connectivity index is 1.73. The Hall–Kier alpha value is -4.23. The Bertz CT molecular complexity index is 1540. The Labute approximate surface area is 206 Å². The molecule has 0 unspecified atom stereocenters. The highest BCUT2D eigenvalue weighted by atomic mass is 35.5. The number of ether oxygens (including phenoxy) is 2. The van der Waals surface area contributed by atoms with Crippen LogP contribution in [0.5, 0.6) is 11.5 Å². The van der Waals surface area contributed by atoms with Gasteiger partial charge in [0.25, 0.3) is 5.56 Å². The monoisotopic (exact) mass is 489 g/mol. The molecule has 0 saturated heterocycles. The van der Waals surface area contributed by atoms with Crippen LogP contribution >= 0.6 is 11.6 Å². The van der Waals surface area contributed by atoms with Crippen LogP contribution in [0.1, 0.15) is 28.4 Å². The van der Waals surface area contributed by atoms with Gasteiger partial charge >= 0.3 is 0 Å². The molecule has 0 radical (unpaired) electrons. The van der Waals surface area contributed by atoms with E-state index in [1.165, 1.54) is 22.9 Å². The van der Waals surface area contributed by atoms with Gasteiger partial charge in [-0.05, 0) is 54.0 Å². The first-order chi connectivity index (χ1) is 16.9. The zero-order valence-electron chi connectivity index (χ0n) is 18.9. The van der Waals surface area contributed by atoms with Crippen molar-refractivity contribution in [1.82, 2.24) is 9.78 Å². The van der Waals surface area contributed by atoms with Gasteiger partial charge in [-0.25, -0.2) is 4.68 Å². The summed E-state index contributed by atoms with van der Waals surface area (Å²) in [6, 6.07) is 19.0. The summed E-state index contributed by atoms with van der Waals surface area (Å²) in [5.74, 6) is -0.471. The standard InChI is InChI=1S/C27H23ClN2O5/c1-3-34-24-14-19(13-23(28)25(24)35-16-18-8-5-4-6-9-18)12-22-17(2)29-30(26(22)31)21-11-7-10-20(15-21)27(32)33/h4-15,29H,2-3,16H2,1H3,(H,32,33)/p-1/b22-12+. The lowest BCUT2D eigenvalue weighted by atomic mass is 10.1. The summed E-state index contributed by atoms with van der Waals surface area (Å²) in [6.45, 7) is 6.49. The third-order valence-corrected chi connectivity index (χ3v) is 5.49. The first-order valence-electron chi connectivity index (χ1n) is 10.8. The van der Waals surface area contributed by atoms with Crippen molar-refractivity contribution in [1.29, 1.82) is 0 Å². The third-order valence-electron chi connectivity index (χ3n) is 5.21. The quantitative estimate of drug-likeness (QED) is 0.410. The highest BCUT2D eigenvalue weighted by Crippen LogP contribution is 2.37. The predicted octanol–water partition coefficient (Wildman–Crippen LogP) is 2.40. The van der Waals surface area contributed by atoms with Crippen LogP contribution < -0.4 is 30.7 Å². The van der Waals surface area contributed by atoms with E-state index < -0.39 is 11.5 Å². The molecule has 0 aliphatic carbocycles. The number of carbonyl (C=O) groups is 1. The van der Waals surface area contributed by atoms with Gasteiger partial charge in [0, 0.05) is 0 Å². The average molecular weight is 490 g/mol.